The number of hydrogen-bond donors (Lipinski definition) is 1. The van der Waals surface area contributed by atoms with Crippen molar-refractivity contribution in [2.24, 2.45) is 5.73 Å². The fourth-order valence-corrected chi connectivity index (χ4v) is 3.64. The highest BCUT2D eigenvalue weighted by molar-refractivity contribution is 5.76. The van der Waals surface area contributed by atoms with Gasteiger partial charge in [-0.15, -0.1) is 0 Å². The van der Waals surface area contributed by atoms with Crippen molar-refractivity contribution in [3.05, 3.63) is 52.5 Å². The van der Waals surface area contributed by atoms with Crippen LogP contribution in [0.3, 0.4) is 0 Å². The van der Waals surface area contributed by atoms with Crippen molar-refractivity contribution in [3.8, 4) is 0 Å². The van der Waals surface area contributed by atoms with Crippen LogP contribution in [-0.4, -0.2) is 43.9 Å². The predicted octanol–water partition coefficient (Wildman–Crippen LogP) is 0.635. The van der Waals surface area contributed by atoms with Crippen molar-refractivity contribution in [2.45, 2.75) is 45.2 Å². The number of aromatic nitrogens is 3. The van der Waals surface area contributed by atoms with E-state index in [-0.39, 0.29) is 23.9 Å². The molecule has 0 spiro atoms. The number of nitrogens with two attached hydrogens (primary N) is 1. The average Bonchev–Trinajstić information content (AvgIpc) is 3.08. The number of piperidine rings is 1. The van der Waals surface area contributed by atoms with Crippen molar-refractivity contribution >= 4 is 11.8 Å². The number of nitrogens with zero attached hydrogens (tertiary/aromatic N) is 4. The molecule has 8 heteroatoms. The van der Waals surface area contributed by atoms with Crippen LogP contribution in [0.25, 0.3) is 0 Å². The zero-order valence-electron chi connectivity index (χ0n) is 15.5. The summed E-state index contributed by atoms with van der Waals surface area (Å²) in [5, 5.41) is 0. The van der Waals surface area contributed by atoms with Gasteiger partial charge in [0.2, 0.25) is 11.8 Å². The van der Waals surface area contributed by atoms with E-state index >= 15 is 0 Å². The van der Waals surface area contributed by atoms with E-state index in [1.807, 2.05) is 17.9 Å². The molecule has 1 fully saturated rings. The molecule has 0 unspecified atom stereocenters. The van der Waals surface area contributed by atoms with Gasteiger partial charge in [0.15, 0.2) is 0 Å². The summed E-state index contributed by atoms with van der Waals surface area (Å²) >= 11 is 0. The molecule has 1 aliphatic rings. The van der Waals surface area contributed by atoms with Crippen molar-refractivity contribution in [3.63, 3.8) is 0 Å². The smallest absolute Gasteiger partial charge is 0.250 e. The summed E-state index contributed by atoms with van der Waals surface area (Å²) in [5.41, 5.74) is 6.06. The second-order valence-electron chi connectivity index (χ2n) is 6.94. The van der Waals surface area contributed by atoms with Gasteiger partial charge in [0.05, 0.1) is 0 Å². The van der Waals surface area contributed by atoms with Crippen LogP contribution in [0.4, 0.5) is 0 Å². The molecule has 2 amide bonds. The first-order valence-corrected chi connectivity index (χ1v) is 9.19. The van der Waals surface area contributed by atoms with Gasteiger partial charge in [0.25, 0.3) is 5.56 Å². The normalized spacial score (nSPS) is 15.1. The number of carbonyl (C=O) groups is 2. The third-order valence-corrected chi connectivity index (χ3v) is 5.10. The third-order valence-electron chi connectivity index (χ3n) is 5.10. The zero-order chi connectivity index (χ0) is 19.4. The molecule has 2 aromatic rings. The fourth-order valence-electron chi connectivity index (χ4n) is 3.64. The van der Waals surface area contributed by atoms with Crippen LogP contribution in [0.1, 0.15) is 36.7 Å². The minimum Gasteiger partial charge on any atom is -0.368 e. The molecule has 0 aliphatic carbocycles. The van der Waals surface area contributed by atoms with Gasteiger partial charge in [-0.05, 0) is 25.8 Å². The molecule has 2 N–H and O–H groups in total. The lowest BCUT2D eigenvalue weighted by Gasteiger charge is -2.32. The molecule has 27 heavy (non-hydrogen) atoms. The molecule has 3 heterocycles. The van der Waals surface area contributed by atoms with Crippen LogP contribution in [0.5, 0.6) is 0 Å². The maximum atomic E-state index is 12.5. The summed E-state index contributed by atoms with van der Waals surface area (Å²) < 4.78 is 3.42. The van der Waals surface area contributed by atoms with E-state index in [4.69, 9.17) is 5.73 Å². The van der Waals surface area contributed by atoms with E-state index in [0.717, 1.165) is 24.4 Å². The molecule has 0 aromatic carbocycles. The maximum Gasteiger partial charge on any atom is 0.250 e. The minimum absolute atomic E-state index is 0.0593. The highest BCUT2D eigenvalue weighted by Gasteiger charge is 2.26. The highest BCUT2D eigenvalue weighted by Crippen LogP contribution is 2.27. The van der Waals surface area contributed by atoms with Crippen LogP contribution in [0.2, 0.25) is 0 Å². The minimum atomic E-state index is -0.395. The van der Waals surface area contributed by atoms with E-state index in [2.05, 4.69) is 4.98 Å². The molecule has 0 saturated carbocycles. The summed E-state index contributed by atoms with van der Waals surface area (Å²) in [6.07, 6.45) is 5.34. The summed E-state index contributed by atoms with van der Waals surface area (Å²) in [7, 11) is 0. The second kappa shape index (κ2) is 8.20. The second-order valence-corrected chi connectivity index (χ2v) is 6.94. The molecule has 3 rings (SSSR count). The van der Waals surface area contributed by atoms with Gasteiger partial charge in [0.1, 0.15) is 12.4 Å². The van der Waals surface area contributed by atoms with Crippen molar-refractivity contribution < 1.29 is 9.59 Å². The molecule has 0 radical (unpaired) electrons. The number of rotatable bonds is 6. The Morgan fingerprint density at radius 3 is 2.67 bits per heavy atom. The SMILES string of the molecule is Cc1cccc(=O)n1CCC(=O)N1CCC(c2nccn2CC(N)=O)CC1. The molecule has 1 aliphatic heterocycles. The quantitative estimate of drug-likeness (QED) is 0.804. The number of hydrogen-bond acceptors (Lipinski definition) is 4. The Labute approximate surface area is 157 Å². The van der Waals surface area contributed by atoms with Gasteiger partial charge < -0.3 is 19.8 Å². The average molecular weight is 371 g/mol. The van der Waals surface area contributed by atoms with Gasteiger partial charge in [-0.2, -0.15) is 0 Å². The van der Waals surface area contributed by atoms with Gasteiger partial charge in [-0.1, -0.05) is 6.07 Å². The Bertz CT molecular complexity index is 877. The first kappa shape index (κ1) is 18.9. The van der Waals surface area contributed by atoms with Crippen LogP contribution >= 0.6 is 0 Å². The molecular formula is C19H25N5O3. The molecule has 0 bridgehead atoms. The highest BCUT2D eigenvalue weighted by atomic mass is 16.2. The molecule has 2 aromatic heterocycles. The third kappa shape index (κ3) is 4.45. The van der Waals surface area contributed by atoms with E-state index in [0.29, 0.717) is 26.1 Å². The Balaban J connectivity index is 1.55. The lowest BCUT2D eigenvalue weighted by molar-refractivity contribution is -0.132. The number of aryl methyl sites for hydroxylation is 1. The Morgan fingerprint density at radius 2 is 2.00 bits per heavy atom. The summed E-state index contributed by atoms with van der Waals surface area (Å²) in [6.45, 7) is 3.68. The number of primary amides is 1. The zero-order valence-corrected chi connectivity index (χ0v) is 15.5. The summed E-state index contributed by atoms with van der Waals surface area (Å²) in [6, 6.07) is 5.10. The summed E-state index contributed by atoms with van der Waals surface area (Å²) in [5.74, 6) is 0.729. The number of amides is 2. The summed E-state index contributed by atoms with van der Waals surface area (Å²) in [4.78, 5) is 41.8. The molecule has 144 valence electrons. The van der Waals surface area contributed by atoms with Crippen LogP contribution < -0.4 is 11.3 Å². The van der Waals surface area contributed by atoms with Gasteiger partial charge >= 0.3 is 0 Å². The van der Waals surface area contributed by atoms with Gasteiger partial charge in [-0.3, -0.25) is 14.4 Å². The number of likely N-dealkylation sites (tertiary alicyclic amines) is 1. The first-order valence-electron chi connectivity index (χ1n) is 9.19. The van der Waals surface area contributed by atoms with Crippen molar-refractivity contribution in [1.82, 2.24) is 19.0 Å². The lowest BCUT2D eigenvalue weighted by Crippen LogP contribution is -2.39. The Morgan fingerprint density at radius 1 is 1.26 bits per heavy atom. The first-order chi connectivity index (χ1) is 13.0. The van der Waals surface area contributed by atoms with Crippen LogP contribution in [0.15, 0.2) is 35.4 Å². The maximum absolute atomic E-state index is 12.5. The van der Waals surface area contributed by atoms with Crippen LogP contribution in [-0.2, 0) is 22.7 Å². The Kier molecular flexibility index (Phi) is 5.73. The lowest BCUT2D eigenvalue weighted by atomic mass is 9.95. The van der Waals surface area contributed by atoms with Crippen molar-refractivity contribution in [1.29, 1.82) is 0 Å². The molecule has 1 saturated heterocycles. The number of carbonyl (C=O) groups excluding carboxylic acids is 2. The van der Waals surface area contributed by atoms with E-state index in [1.165, 1.54) is 6.07 Å². The van der Waals surface area contributed by atoms with E-state index < -0.39 is 5.91 Å². The number of pyridine rings is 1. The Hall–Kier alpha value is -2.90. The topological polar surface area (TPSA) is 103 Å². The number of imidazole rings is 1. The van der Waals surface area contributed by atoms with Gasteiger partial charge in [0, 0.05) is 56.1 Å². The largest absolute Gasteiger partial charge is 0.368 e. The van der Waals surface area contributed by atoms with E-state index in [9.17, 15) is 14.4 Å². The fraction of sp³-hybridized carbons (Fsp3) is 0.474. The van der Waals surface area contributed by atoms with Gasteiger partial charge in [-0.25, -0.2) is 4.98 Å². The molecular weight excluding hydrogens is 346 g/mol. The molecule has 0 atom stereocenters. The van der Waals surface area contributed by atoms with Crippen molar-refractivity contribution in [2.75, 3.05) is 13.1 Å². The standard InChI is InChI=1S/C19H25N5O3/c1-14-3-2-4-18(27)24(14)11-7-17(26)22-9-5-15(6-10-22)19-21-8-12-23(19)13-16(20)25/h2-4,8,12,15H,5-7,9-11,13H2,1H3,(H2,20,25). The van der Waals surface area contributed by atoms with E-state index in [1.54, 1.807) is 27.6 Å². The predicted molar refractivity (Wildman–Crippen MR) is 100 cm³/mol. The monoisotopic (exact) mass is 371 g/mol. The molecule has 8 nitrogen and oxygen atoms in total. The van der Waals surface area contributed by atoms with Crippen LogP contribution in [0, 0.1) is 6.92 Å².